The van der Waals surface area contributed by atoms with Gasteiger partial charge in [0.05, 0.1) is 23.7 Å². The van der Waals surface area contributed by atoms with Crippen molar-refractivity contribution < 1.29 is 31.1 Å². The van der Waals surface area contributed by atoms with E-state index in [1.165, 1.54) is 37.3 Å². The lowest BCUT2D eigenvalue weighted by Gasteiger charge is -2.27. The van der Waals surface area contributed by atoms with E-state index in [1.807, 2.05) is 6.07 Å². The van der Waals surface area contributed by atoms with Crippen LogP contribution >= 0.6 is 0 Å². The van der Waals surface area contributed by atoms with Crippen LogP contribution in [-0.2, 0) is 21.0 Å². The highest BCUT2D eigenvalue weighted by Gasteiger charge is 2.33. The first-order valence-corrected chi connectivity index (χ1v) is 12.1. The van der Waals surface area contributed by atoms with Crippen LogP contribution in [0.1, 0.15) is 18.1 Å². The minimum atomic E-state index is -4.59. The van der Waals surface area contributed by atoms with Crippen molar-refractivity contribution in [1.82, 2.24) is 5.43 Å². The average Bonchev–Trinajstić information content (AvgIpc) is 2.79. The summed E-state index contributed by atoms with van der Waals surface area (Å²) in [4.78, 5) is 12.6. The second-order valence-electron chi connectivity index (χ2n) is 7.46. The van der Waals surface area contributed by atoms with Gasteiger partial charge in [-0.1, -0.05) is 36.4 Å². The number of ether oxygens (including phenoxy) is 1. The molecule has 0 saturated heterocycles. The standard InChI is InChI=1S/C24H22F3N3O4S/c1-17(23(31)29-28-16-18-8-6-7-11-22(18)24(25,26)27)30(35(2,32)33)19-12-14-21(15-13-19)34-20-9-4-3-5-10-20/h3-17H,1-2H3,(H,29,31). The van der Waals surface area contributed by atoms with Crippen LogP contribution in [0.15, 0.2) is 84.0 Å². The van der Waals surface area contributed by atoms with Crippen LogP contribution in [0.5, 0.6) is 11.5 Å². The molecule has 0 aliphatic heterocycles. The lowest BCUT2D eigenvalue weighted by molar-refractivity contribution is -0.137. The quantitative estimate of drug-likeness (QED) is 0.352. The Morgan fingerprint density at radius 3 is 2.14 bits per heavy atom. The Labute approximate surface area is 200 Å². The summed E-state index contributed by atoms with van der Waals surface area (Å²) in [5.41, 5.74) is 1.14. The Morgan fingerprint density at radius 2 is 1.54 bits per heavy atom. The lowest BCUT2D eigenvalue weighted by atomic mass is 10.1. The van der Waals surface area contributed by atoms with Crippen LogP contribution < -0.4 is 14.5 Å². The molecule has 0 bridgehead atoms. The summed E-state index contributed by atoms with van der Waals surface area (Å²) in [6, 6.07) is 18.5. The van der Waals surface area contributed by atoms with Crippen LogP contribution in [0.3, 0.4) is 0 Å². The number of sulfonamides is 1. The van der Waals surface area contributed by atoms with Gasteiger partial charge in [-0.25, -0.2) is 13.8 Å². The third-order valence-electron chi connectivity index (χ3n) is 4.80. The van der Waals surface area contributed by atoms with Crippen LogP contribution in [0.25, 0.3) is 0 Å². The van der Waals surface area contributed by atoms with E-state index < -0.39 is 33.7 Å². The molecule has 0 spiro atoms. The fourth-order valence-corrected chi connectivity index (χ4v) is 4.40. The molecular weight excluding hydrogens is 483 g/mol. The summed E-state index contributed by atoms with van der Waals surface area (Å²) in [7, 11) is -3.91. The zero-order chi connectivity index (χ0) is 25.6. The van der Waals surface area contributed by atoms with Crippen molar-refractivity contribution in [2.24, 2.45) is 5.10 Å². The van der Waals surface area contributed by atoms with Gasteiger partial charge in [-0.2, -0.15) is 18.3 Å². The molecule has 3 aromatic rings. The van der Waals surface area contributed by atoms with Crippen LogP contribution in [0.4, 0.5) is 18.9 Å². The first-order valence-electron chi connectivity index (χ1n) is 10.3. The van der Waals surface area contributed by atoms with Gasteiger partial charge in [-0.15, -0.1) is 0 Å². The highest BCUT2D eigenvalue weighted by atomic mass is 32.2. The number of hydrogen-bond acceptors (Lipinski definition) is 5. The third kappa shape index (κ3) is 6.82. The van der Waals surface area contributed by atoms with Crippen molar-refractivity contribution in [3.05, 3.63) is 90.0 Å². The molecule has 11 heteroatoms. The first kappa shape index (κ1) is 25.8. The smallest absolute Gasteiger partial charge is 0.417 e. The molecule has 3 aromatic carbocycles. The predicted molar refractivity (Wildman–Crippen MR) is 127 cm³/mol. The van der Waals surface area contributed by atoms with Gasteiger partial charge >= 0.3 is 6.18 Å². The number of hydrogen-bond donors (Lipinski definition) is 1. The lowest BCUT2D eigenvalue weighted by Crippen LogP contribution is -2.46. The van der Waals surface area contributed by atoms with Crippen molar-refractivity contribution in [2.45, 2.75) is 19.1 Å². The summed E-state index contributed by atoms with van der Waals surface area (Å²) >= 11 is 0. The fourth-order valence-electron chi connectivity index (χ4n) is 3.22. The molecule has 0 fully saturated rings. The van der Waals surface area contributed by atoms with E-state index in [4.69, 9.17) is 4.74 Å². The predicted octanol–water partition coefficient (Wildman–Crippen LogP) is 4.80. The van der Waals surface area contributed by atoms with E-state index in [0.717, 1.165) is 22.8 Å². The first-order chi connectivity index (χ1) is 16.5. The average molecular weight is 506 g/mol. The number of carbonyl (C=O) groups is 1. The molecule has 0 radical (unpaired) electrons. The maximum atomic E-state index is 13.1. The van der Waals surface area contributed by atoms with Crippen molar-refractivity contribution >= 4 is 27.8 Å². The van der Waals surface area contributed by atoms with Crippen molar-refractivity contribution in [2.75, 3.05) is 10.6 Å². The van der Waals surface area contributed by atoms with Gasteiger partial charge in [0.15, 0.2) is 0 Å². The minimum absolute atomic E-state index is 0.196. The van der Waals surface area contributed by atoms with Gasteiger partial charge in [0.25, 0.3) is 5.91 Å². The summed E-state index contributed by atoms with van der Waals surface area (Å²) in [5.74, 6) is 0.220. The van der Waals surface area contributed by atoms with Gasteiger partial charge < -0.3 is 4.74 Å². The van der Waals surface area contributed by atoms with E-state index in [1.54, 1.807) is 36.4 Å². The summed E-state index contributed by atoms with van der Waals surface area (Å²) in [5, 5.41) is 3.59. The number of amides is 1. The molecule has 1 N–H and O–H groups in total. The minimum Gasteiger partial charge on any atom is -0.457 e. The molecule has 7 nitrogen and oxygen atoms in total. The fraction of sp³-hybridized carbons (Fsp3) is 0.167. The van der Waals surface area contributed by atoms with Gasteiger partial charge in [-0.3, -0.25) is 9.10 Å². The van der Waals surface area contributed by atoms with Gasteiger partial charge in [0.1, 0.15) is 17.5 Å². The maximum Gasteiger partial charge on any atom is 0.417 e. The van der Waals surface area contributed by atoms with Crippen LogP contribution in [-0.4, -0.2) is 32.8 Å². The molecule has 184 valence electrons. The Bertz CT molecular complexity index is 1300. The molecular formula is C24H22F3N3O4S. The molecule has 0 aromatic heterocycles. The van der Waals surface area contributed by atoms with E-state index in [2.05, 4.69) is 10.5 Å². The number of para-hydroxylation sites is 1. The molecule has 1 amide bonds. The number of nitrogens with zero attached hydrogens (tertiary/aromatic N) is 2. The summed E-state index contributed by atoms with van der Waals surface area (Å²) in [6.07, 6.45) is -2.80. The van der Waals surface area contributed by atoms with Crippen LogP contribution in [0, 0.1) is 0 Å². The highest BCUT2D eigenvalue weighted by Crippen LogP contribution is 2.31. The molecule has 0 aliphatic rings. The zero-order valence-corrected chi connectivity index (χ0v) is 19.5. The maximum absolute atomic E-state index is 13.1. The second kappa shape index (κ2) is 10.6. The molecule has 0 aliphatic carbocycles. The molecule has 0 heterocycles. The van der Waals surface area contributed by atoms with Gasteiger partial charge in [-0.05, 0) is 49.4 Å². The normalized spacial score (nSPS) is 12.8. The molecule has 3 rings (SSSR count). The number of alkyl halides is 3. The number of anilines is 1. The Hall–Kier alpha value is -3.86. The number of carbonyl (C=O) groups excluding carboxylic acids is 1. The number of halogens is 3. The number of nitrogens with one attached hydrogen (secondary N) is 1. The SMILES string of the molecule is CC(C(=O)NN=Cc1ccccc1C(F)(F)F)N(c1ccc(Oc2ccccc2)cc1)S(C)(=O)=O. The Morgan fingerprint density at radius 1 is 0.971 bits per heavy atom. The zero-order valence-electron chi connectivity index (χ0n) is 18.7. The largest absolute Gasteiger partial charge is 0.457 e. The van der Waals surface area contributed by atoms with Crippen LogP contribution in [0.2, 0.25) is 0 Å². The van der Waals surface area contributed by atoms with Crippen molar-refractivity contribution in [3.8, 4) is 11.5 Å². The molecule has 1 unspecified atom stereocenters. The van der Waals surface area contributed by atoms with Crippen molar-refractivity contribution in [3.63, 3.8) is 0 Å². The monoisotopic (exact) mass is 505 g/mol. The topological polar surface area (TPSA) is 88.1 Å². The Balaban J connectivity index is 1.75. The van der Waals surface area contributed by atoms with E-state index in [-0.39, 0.29) is 11.3 Å². The number of hydrazone groups is 1. The molecule has 35 heavy (non-hydrogen) atoms. The second-order valence-corrected chi connectivity index (χ2v) is 9.32. The molecule has 1 atom stereocenters. The number of rotatable bonds is 8. The summed E-state index contributed by atoms with van der Waals surface area (Å²) < 4.78 is 70.8. The van der Waals surface area contributed by atoms with Gasteiger partial charge in [0, 0.05) is 5.56 Å². The van der Waals surface area contributed by atoms with Crippen molar-refractivity contribution in [1.29, 1.82) is 0 Å². The van der Waals surface area contributed by atoms with Gasteiger partial charge in [0.2, 0.25) is 10.0 Å². The number of benzene rings is 3. The molecule has 0 saturated carbocycles. The summed E-state index contributed by atoms with van der Waals surface area (Å²) in [6.45, 7) is 1.34. The Kier molecular flexibility index (Phi) is 7.80. The highest BCUT2D eigenvalue weighted by molar-refractivity contribution is 7.92. The van der Waals surface area contributed by atoms with E-state index >= 15 is 0 Å². The third-order valence-corrected chi connectivity index (χ3v) is 6.04. The van der Waals surface area contributed by atoms with E-state index in [0.29, 0.717) is 11.5 Å². The van der Waals surface area contributed by atoms with E-state index in [9.17, 15) is 26.4 Å².